The van der Waals surface area contributed by atoms with E-state index in [9.17, 15) is 9.18 Å². The van der Waals surface area contributed by atoms with Crippen LogP contribution in [0.15, 0.2) is 46.9 Å². The average molecular weight is 350 g/mol. The molecule has 0 aliphatic carbocycles. The largest absolute Gasteiger partial charge is 0.488 e. The molecule has 1 unspecified atom stereocenters. The zero-order chi connectivity index (χ0) is 14.8. The third kappa shape index (κ3) is 2.93. The lowest BCUT2D eigenvalue weighted by molar-refractivity contribution is 0.0932. The van der Waals surface area contributed by atoms with Crippen LogP contribution in [0.3, 0.4) is 0 Å². The van der Waals surface area contributed by atoms with Gasteiger partial charge in [0.25, 0.3) is 5.91 Å². The first-order valence-corrected chi connectivity index (χ1v) is 7.41. The van der Waals surface area contributed by atoms with Crippen molar-refractivity contribution in [2.75, 3.05) is 6.54 Å². The molecule has 5 heteroatoms. The van der Waals surface area contributed by atoms with Gasteiger partial charge in [-0.3, -0.25) is 4.79 Å². The summed E-state index contributed by atoms with van der Waals surface area (Å²) in [5, 5.41) is 2.78. The number of hydrogen-bond acceptors (Lipinski definition) is 2. The highest BCUT2D eigenvalue weighted by atomic mass is 79.9. The second-order valence-electron chi connectivity index (χ2n) is 4.86. The van der Waals surface area contributed by atoms with Crippen LogP contribution in [0.25, 0.3) is 0 Å². The molecule has 1 aliphatic rings. The standard InChI is InChI=1S/C16H13BrFNO2/c17-15-12(5-3-6-13(15)18)16(20)19-9-11-8-10-4-1-2-7-14(10)21-11/h1-7,11H,8-9H2,(H,19,20). The molecule has 0 aromatic heterocycles. The number of halogens is 2. The van der Waals surface area contributed by atoms with Crippen molar-refractivity contribution in [3.05, 3.63) is 63.9 Å². The number of para-hydroxylation sites is 1. The van der Waals surface area contributed by atoms with Crippen molar-refractivity contribution >= 4 is 21.8 Å². The highest BCUT2D eigenvalue weighted by molar-refractivity contribution is 9.10. The average Bonchev–Trinajstić information content (AvgIpc) is 2.90. The van der Waals surface area contributed by atoms with Crippen molar-refractivity contribution in [2.24, 2.45) is 0 Å². The molecule has 1 amide bonds. The highest BCUT2D eigenvalue weighted by Crippen LogP contribution is 2.28. The van der Waals surface area contributed by atoms with Crippen molar-refractivity contribution in [2.45, 2.75) is 12.5 Å². The molecular formula is C16H13BrFNO2. The number of hydrogen-bond donors (Lipinski definition) is 1. The third-order valence-corrected chi connectivity index (χ3v) is 4.21. The summed E-state index contributed by atoms with van der Waals surface area (Å²) in [6.07, 6.45) is 0.680. The Morgan fingerprint density at radius 3 is 2.90 bits per heavy atom. The Morgan fingerprint density at radius 2 is 2.10 bits per heavy atom. The minimum Gasteiger partial charge on any atom is -0.488 e. The van der Waals surface area contributed by atoms with Crippen LogP contribution >= 0.6 is 15.9 Å². The van der Waals surface area contributed by atoms with Crippen LogP contribution in [0.2, 0.25) is 0 Å². The number of benzene rings is 2. The van der Waals surface area contributed by atoms with Crippen molar-refractivity contribution in [1.29, 1.82) is 0 Å². The van der Waals surface area contributed by atoms with Gasteiger partial charge >= 0.3 is 0 Å². The summed E-state index contributed by atoms with van der Waals surface area (Å²) in [5.74, 6) is 0.0942. The van der Waals surface area contributed by atoms with Gasteiger partial charge < -0.3 is 10.1 Å². The van der Waals surface area contributed by atoms with Gasteiger partial charge in [-0.1, -0.05) is 24.3 Å². The van der Waals surface area contributed by atoms with Crippen molar-refractivity contribution in [3.8, 4) is 5.75 Å². The van der Waals surface area contributed by atoms with Gasteiger partial charge in [0.2, 0.25) is 0 Å². The van der Waals surface area contributed by atoms with Gasteiger partial charge in [0.1, 0.15) is 17.7 Å². The Labute approximate surface area is 130 Å². The van der Waals surface area contributed by atoms with E-state index in [2.05, 4.69) is 21.2 Å². The maximum absolute atomic E-state index is 13.4. The first-order valence-electron chi connectivity index (χ1n) is 6.62. The number of fused-ring (bicyclic) bond motifs is 1. The lowest BCUT2D eigenvalue weighted by atomic mass is 10.1. The molecule has 0 saturated heterocycles. The molecule has 0 bridgehead atoms. The van der Waals surface area contributed by atoms with Crippen LogP contribution in [0.1, 0.15) is 15.9 Å². The van der Waals surface area contributed by atoms with Crippen LogP contribution in [-0.4, -0.2) is 18.6 Å². The van der Waals surface area contributed by atoms with Crippen molar-refractivity contribution in [3.63, 3.8) is 0 Å². The summed E-state index contributed by atoms with van der Waals surface area (Å²) >= 11 is 3.09. The summed E-state index contributed by atoms with van der Waals surface area (Å²) in [6, 6.07) is 12.2. The molecule has 3 nitrogen and oxygen atoms in total. The minimum absolute atomic E-state index is 0.0846. The van der Waals surface area contributed by atoms with E-state index in [0.29, 0.717) is 6.54 Å². The fourth-order valence-electron chi connectivity index (χ4n) is 2.35. The van der Waals surface area contributed by atoms with Gasteiger partial charge in [0, 0.05) is 6.42 Å². The van der Waals surface area contributed by atoms with E-state index in [1.165, 1.54) is 12.1 Å². The zero-order valence-electron chi connectivity index (χ0n) is 11.1. The van der Waals surface area contributed by atoms with E-state index in [-0.39, 0.29) is 22.0 Å². The normalized spacial score (nSPS) is 16.2. The molecule has 21 heavy (non-hydrogen) atoms. The molecule has 0 spiro atoms. The molecule has 1 N–H and O–H groups in total. The summed E-state index contributed by atoms with van der Waals surface area (Å²) in [6.45, 7) is 0.385. The molecule has 1 aliphatic heterocycles. The molecular weight excluding hydrogens is 337 g/mol. The number of amides is 1. The number of nitrogens with one attached hydrogen (secondary N) is 1. The number of carbonyl (C=O) groups is 1. The maximum atomic E-state index is 13.4. The molecule has 0 radical (unpaired) electrons. The minimum atomic E-state index is -0.452. The highest BCUT2D eigenvalue weighted by Gasteiger charge is 2.23. The van der Waals surface area contributed by atoms with Crippen LogP contribution in [0.5, 0.6) is 5.75 Å². The zero-order valence-corrected chi connectivity index (χ0v) is 12.7. The Hall–Kier alpha value is -1.88. The van der Waals surface area contributed by atoms with E-state index >= 15 is 0 Å². The van der Waals surface area contributed by atoms with Crippen LogP contribution in [-0.2, 0) is 6.42 Å². The van der Waals surface area contributed by atoms with E-state index in [4.69, 9.17) is 4.74 Å². The first kappa shape index (κ1) is 14.1. The predicted molar refractivity (Wildman–Crippen MR) is 81.0 cm³/mol. The SMILES string of the molecule is O=C(NCC1Cc2ccccc2O1)c1cccc(F)c1Br. The van der Waals surface area contributed by atoms with Gasteiger partial charge in [-0.15, -0.1) is 0 Å². The summed E-state index contributed by atoms with van der Waals surface area (Å²) < 4.78 is 19.3. The second kappa shape index (κ2) is 5.85. The van der Waals surface area contributed by atoms with E-state index < -0.39 is 5.82 Å². The van der Waals surface area contributed by atoms with Crippen molar-refractivity contribution in [1.82, 2.24) is 5.32 Å². The molecule has 1 atom stereocenters. The smallest absolute Gasteiger partial charge is 0.252 e. The van der Waals surface area contributed by atoms with Crippen LogP contribution in [0, 0.1) is 5.82 Å². The molecule has 0 fully saturated rings. The molecule has 108 valence electrons. The van der Waals surface area contributed by atoms with Gasteiger partial charge in [-0.2, -0.15) is 0 Å². The monoisotopic (exact) mass is 349 g/mol. The summed E-state index contributed by atoms with van der Waals surface area (Å²) in [4.78, 5) is 12.1. The molecule has 3 rings (SSSR count). The van der Waals surface area contributed by atoms with E-state index in [1.54, 1.807) is 6.07 Å². The van der Waals surface area contributed by atoms with Gasteiger partial charge in [-0.25, -0.2) is 4.39 Å². The Kier molecular flexibility index (Phi) is 3.92. The van der Waals surface area contributed by atoms with Gasteiger partial charge in [0.15, 0.2) is 0 Å². The number of ether oxygens (including phenoxy) is 1. The van der Waals surface area contributed by atoms with E-state index in [0.717, 1.165) is 17.7 Å². The fraction of sp³-hybridized carbons (Fsp3) is 0.188. The lowest BCUT2D eigenvalue weighted by Crippen LogP contribution is -2.34. The Balaban J connectivity index is 1.62. The van der Waals surface area contributed by atoms with Crippen LogP contribution in [0.4, 0.5) is 4.39 Å². The maximum Gasteiger partial charge on any atom is 0.252 e. The number of rotatable bonds is 3. The lowest BCUT2D eigenvalue weighted by Gasteiger charge is -2.12. The summed E-state index contributed by atoms with van der Waals surface area (Å²) in [7, 11) is 0. The Bertz CT molecular complexity index is 665. The molecule has 0 saturated carbocycles. The van der Waals surface area contributed by atoms with E-state index in [1.807, 2.05) is 24.3 Å². The fourth-order valence-corrected chi connectivity index (χ4v) is 2.79. The second-order valence-corrected chi connectivity index (χ2v) is 5.66. The van der Waals surface area contributed by atoms with Crippen molar-refractivity contribution < 1.29 is 13.9 Å². The quantitative estimate of drug-likeness (QED) is 0.922. The Morgan fingerprint density at radius 1 is 1.29 bits per heavy atom. The van der Waals surface area contributed by atoms with Gasteiger partial charge in [-0.05, 0) is 39.7 Å². The van der Waals surface area contributed by atoms with Crippen LogP contribution < -0.4 is 10.1 Å². The molecule has 1 heterocycles. The summed E-state index contributed by atoms with van der Waals surface area (Å²) in [5.41, 5.74) is 1.43. The topological polar surface area (TPSA) is 38.3 Å². The molecule has 2 aromatic carbocycles. The predicted octanol–water partition coefficient (Wildman–Crippen LogP) is 3.32. The first-order chi connectivity index (χ1) is 10.1. The third-order valence-electron chi connectivity index (χ3n) is 3.40. The van der Waals surface area contributed by atoms with Gasteiger partial charge in [0.05, 0.1) is 16.6 Å². The number of carbonyl (C=O) groups excluding carboxylic acids is 1. The molecule has 2 aromatic rings.